The van der Waals surface area contributed by atoms with Crippen LogP contribution in [-0.2, 0) is 0 Å². The third kappa shape index (κ3) is 3.87. The summed E-state index contributed by atoms with van der Waals surface area (Å²) in [6.45, 7) is 2.06. The van der Waals surface area contributed by atoms with Gasteiger partial charge in [-0.3, -0.25) is 4.98 Å². The topological polar surface area (TPSA) is 62.5 Å². The van der Waals surface area contributed by atoms with Gasteiger partial charge in [0, 0.05) is 28.3 Å². The minimum atomic E-state index is -0.303. The van der Waals surface area contributed by atoms with E-state index < -0.39 is 0 Å². The number of benzene rings is 2. The summed E-state index contributed by atoms with van der Waals surface area (Å²) in [6.07, 6.45) is 1.77. The molecule has 2 aromatic carbocycles. The molecule has 2 aromatic heterocycles. The van der Waals surface area contributed by atoms with E-state index in [9.17, 15) is 5.11 Å². The standard InChI is InChI=1S/C26H23ClN4O2S/c1-16-6-12-21(30(16)18-8-10-19(33-2)11-9-18)25-24(20-5-3-4-14-28-20)29-26(34)31(25)22-15-17(27)7-13-23(22)32/h3-15,24-25,32H,1-2H3,(H,29,34)/t24-,25+/m1/s1. The fourth-order valence-electron chi connectivity index (χ4n) is 4.48. The number of aryl methyl sites for hydroxylation is 1. The summed E-state index contributed by atoms with van der Waals surface area (Å²) in [6, 6.07) is 22.3. The van der Waals surface area contributed by atoms with Crippen LogP contribution in [-0.4, -0.2) is 26.9 Å². The summed E-state index contributed by atoms with van der Waals surface area (Å²) in [5, 5.41) is 15.2. The van der Waals surface area contributed by atoms with E-state index >= 15 is 0 Å². The Balaban J connectivity index is 1.71. The first kappa shape index (κ1) is 22.3. The van der Waals surface area contributed by atoms with Crippen LogP contribution < -0.4 is 15.0 Å². The lowest BCUT2D eigenvalue weighted by Crippen LogP contribution is -2.30. The van der Waals surface area contributed by atoms with E-state index in [-0.39, 0.29) is 17.8 Å². The van der Waals surface area contributed by atoms with Gasteiger partial charge in [0.15, 0.2) is 5.11 Å². The van der Waals surface area contributed by atoms with Crippen LogP contribution in [0.25, 0.3) is 5.69 Å². The molecule has 0 amide bonds. The SMILES string of the molecule is COc1ccc(-n2c(C)ccc2[C@H]2[C@@H](c3ccccn3)NC(=S)N2c2cc(Cl)ccc2O)cc1. The van der Waals surface area contributed by atoms with Crippen molar-refractivity contribution in [1.82, 2.24) is 14.9 Å². The second-order valence-electron chi connectivity index (χ2n) is 8.06. The van der Waals surface area contributed by atoms with Gasteiger partial charge in [-0.05, 0) is 85.9 Å². The van der Waals surface area contributed by atoms with Crippen LogP contribution in [0, 0.1) is 6.92 Å². The molecule has 34 heavy (non-hydrogen) atoms. The number of phenolic OH excluding ortho intramolecular Hbond substituents is 1. The van der Waals surface area contributed by atoms with Gasteiger partial charge >= 0.3 is 0 Å². The Morgan fingerprint density at radius 1 is 1.06 bits per heavy atom. The van der Waals surface area contributed by atoms with Crippen molar-refractivity contribution in [3.63, 3.8) is 0 Å². The molecule has 2 N–H and O–H groups in total. The molecule has 2 atom stereocenters. The number of pyridine rings is 1. The van der Waals surface area contributed by atoms with E-state index in [1.54, 1.807) is 31.5 Å². The summed E-state index contributed by atoms with van der Waals surface area (Å²) < 4.78 is 7.53. The summed E-state index contributed by atoms with van der Waals surface area (Å²) in [7, 11) is 1.65. The van der Waals surface area contributed by atoms with Crippen molar-refractivity contribution >= 4 is 34.6 Å². The van der Waals surface area contributed by atoms with Crippen LogP contribution in [0.5, 0.6) is 11.5 Å². The highest BCUT2D eigenvalue weighted by Gasteiger charge is 2.43. The number of aromatic hydroxyl groups is 1. The largest absolute Gasteiger partial charge is 0.506 e. The van der Waals surface area contributed by atoms with Gasteiger partial charge in [0.25, 0.3) is 0 Å². The van der Waals surface area contributed by atoms with Gasteiger partial charge in [0.05, 0.1) is 24.5 Å². The smallest absolute Gasteiger partial charge is 0.174 e. The Labute approximate surface area is 208 Å². The number of thiocarbonyl (C=S) groups is 1. The average molecular weight is 491 g/mol. The highest BCUT2D eigenvalue weighted by atomic mass is 35.5. The Bertz CT molecular complexity index is 1340. The summed E-state index contributed by atoms with van der Waals surface area (Å²) >= 11 is 12.1. The van der Waals surface area contributed by atoms with Gasteiger partial charge in [-0.1, -0.05) is 17.7 Å². The third-order valence-electron chi connectivity index (χ3n) is 6.03. The van der Waals surface area contributed by atoms with Gasteiger partial charge in [0.2, 0.25) is 0 Å². The zero-order chi connectivity index (χ0) is 23.8. The molecule has 5 rings (SSSR count). The molecular weight excluding hydrogens is 468 g/mol. The van der Waals surface area contributed by atoms with E-state index in [1.165, 1.54) is 0 Å². The lowest BCUT2D eigenvalue weighted by atomic mass is 10.0. The maximum atomic E-state index is 10.8. The highest BCUT2D eigenvalue weighted by molar-refractivity contribution is 7.80. The number of hydrogen-bond donors (Lipinski definition) is 2. The first-order valence-corrected chi connectivity index (χ1v) is 11.6. The minimum absolute atomic E-state index is 0.0968. The predicted molar refractivity (Wildman–Crippen MR) is 138 cm³/mol. The monoisotopic (exact) mass is 490 g/mol. The van der Waals surface area contributed by atoms with Gasteiger partial charge in [-0.2, -0.15) is 0 Å². The molecule has 0 radical (unpaired) electrons. The molecule has 1 fully saturated rings. The van der Waals surface area contributed by atoms with E-state index in [2.05, 4.69) is 33.9 Å². The quantitative estimate of drug-likeness (QED) is 0.348. The number of methoxy groups -OCH3 is 1. The maximum absolute atomic E-state index is 10.8. The Hall–Kier alpha value is -3.55. The van der Waals surface area contributed by atoms with E-state index in [0.717, 1.165) is 28.5 Å². The van der Waals surface area contributed by atoms with E-state index in [0.29, 0.717) is 15.8 Å². The van der Waals surface area contributed by atoms with E-state index in [1.807, 2.05) is 47.4 Å². The number of ether oxygens (including phenoxy) is 1. The number of nitrogens with zero attached hydrogens (tertiary/aromatic N) is 3. The minimum Gasteiger partial charge on any atom is -0.506 e. The number of anilines is 1. The Kier molecular flexibility index (Phi) is 5.89. The molecule has 1 aliphatic heterocycles. The molecule has 4 aromatic rings. The average Bonchev–Trinajstić information content (AvgIpc) is 3.40. The van der Waals surface area contributed by atoms with Crippen molar-refractivity contribution in [2.45, 2.75) is 19.0 Å². The molecule has 0 unspecified atom stereocenters. The van der Waals surface area contributed by atoms with E-state index in [4.69, 9.17) is 28.6 Å². The predicted octanol–water partition coefficient (Wildman–Crippen LogP) is 5.73. The zero-order valence-electron chi connectivity index (χ0n) is 18.6. The second kappa shape index (κ2) is 9.00. The van der Waals surface area contributed by atoms with Crippen LogP contribution in [0.15, 0.2) is 79.0 Å². The number of nitrogens with one attached hydrogen (secondary N) is 1. The summed E-state index contributed by atoms with van der Waals surface area (Å²) in [5.41, 5.74) is 4.43. The van der Waals surface area contributed by atoms with Crippen molar-refractivity contribution in [2.75, 3.05) is 12.0 Å². The lowest BCUT2D eigenvalue weighted by molar-refractivity contribution is 0.414. The molecule has 0 saturated carbocycles. The molecule has 0 bridgehead atoms. The first-order chi connectivity index (χ1) is 16.5. The van der Waals surface area contributed by atoms with Gasteiger partial charge < -0.3 is 24.6 Å². The first-order valence-electron chi connectivity index (χ1n) is 10.8. The van der Waals surface area contributed by atoms with Crippen molar-refractivity contribution in [1.29, 1.82) is 0 Å². The molecular formula is C26H23ClN4O2S. The third-order valence-corrected chi connectivity index (χ3v) is 6.58. The maximum Gasteiger partial charge on any atom is 0.174 e. The van der Waals surface area contributed by atoms with Gasteiger partial charge in [0.1, 0.15) is 17.5 Å². The molecule has 6 nitrogen and oxygen atoms in total. The zero-order valence-corrected chi connectivity index (χ0v) is 20.2. The molecule has 8 heteroatoms. The number of hydrogen-bond acceptors (Lipinski definition) is 4. The van der Waals surface area contributed by atoms with Crippen molar-refractivity contribution in [3.05, 3.63) is 101 Å². The molecule has 172 valence electrons. The Morgan fingerprint density at radius 3 is 2.56 bits per heavy atom. The molecule has 0 spiro atoms. The molecule has 3 heterocycles. The van der Waals surface area contributed by atoms with Crippen LogP contribution >= 0.6 is 23.8 Å². The summed E-state index contributed by atoms with van der Waals surface area (Å²) in [4.78, 5) is 6.53. The molecule has 1 aliphatic rings. The number of aromatic nitrogens is 2. The van der Waals surface area contributed by atoms with Crippen LogP contribution in [0.1, 0.15) is 29.2 Å². The normalized spacial score (nSPS) is 17.6. The highest BCUT2D eigenvalue weighted by Crippen LogP contribution is 2.45. The number of rotatable bonds is 5. The van der Waals surface area contributed by atoms with Crippen molar-refractivity contribution < 1.29 is 9.84 Å². The lowest BCUT2D eigenvalue weighted by Gasteiger charge is -2.30. The molecule has 1 saturated heterocycles. The second-order valence-corrected chi connectivity index (χ2v) is 8.89. The number of phenols is 1. The van der Waals surface area contributed by atoms with Gasteiger partial charge in [-0.25, -0.2) is 0 Å². The summed E-state index contributed by atoms with van der Waals surface area (Å²) in [5.74, 6) is 0.884. The fourth-order valence-corrected chi connectivity index (χ4v) is 4.98. The van der Waals surface area contributed by atoms with Crippen LogP contribution in [0.3, 0.4) is 0 Å². The van der Waals surface area contributed by atoms with Crippen LogP contribution in [0.2, 0.25) is 5.02 Å². The van der Waals surface area contributed by atoms with Crippen molar-refractivity contribution in [2.24, 2.45) is 0 Å². The van der Waals surface area contributed by atoms with Crippen molar-refractivity contribution in [3.8, 4) is 17.2 Å². The number of halogens is 1. The van der Waals surface area contributed by atoms with Gasteiger partial charge in [-0.15, -0.1) is 0 Å². The molecule has 0 aliphatic carbocycles. The fraction of sp³-hybridized carbons (Fsp3) is 0.154. The van der Waals surface area contributed by atoms with Crippen LogP contribution in [0.4, 0.5) is 5.69 Å². The Morgan fingerprint density at radius 2 is 1.85 bits per heavy atom.